The van der Waals surface area contributed by atoms with E-state index in [2.05, 4.69) is 25.1 Å². The van der Waals surface area contributed by atoms with Gasteiger partial charge >= 0.3 is 0 Å². The van der Waals surface area contributed by atoms with Crippen LogP contribution in [0.5, 0.6) is 5.75 Å². The Bertz CT molecular complexity index is 2120. The smallest absolute Gasteiger partial charge is 0.138 e. The van der Waals surface area contributed by atoms with Crippen molar-refractivity contribution in [3.8, 4) is 39.7 Å². The standard InChI is InChI=1S/C35H31FN8O/c1-44(2)19-28(37)22-12-23(14-25(36)13-22)33-27-16-32(40-30(27)10-11-39-33)35-34-31(42-43-35)9-8-29(41-34)24-15-26(18-38-17-24)45-20-21-6-4-3-5-7-21/h3-18,28,40H,19-20,37H2,1-2H3,(H,42,43). The quantitative estimate of drug-likeness (QED) is 0.173. The van der Waals surface area contributed by atoms with Crippen LogP contribution in [0.15, 0.2) is 97.5 Å². The summed E-state index contributed by atoms with van der Waals surface area (Å²) in [5.41, 5.74) is 14.8. The molecule has 0 aliphatic carbocycles. The fourth-order valence-electron chi connectivity index (χ4n) is 5.50. The predicted octanol–water partition coefficient (Wildman–Crippen LogP) is 6.51. The number of aromatic nitrogens is 6. The van der Waals surface area contributed by atoms with Crippen molar-refractivity contribution in [1.29, 1.82) is 0 Å². The molecule has 1 atom stereocenters. The number of likely N-dealkylation sites (N-methyl/N-ethyl adjacent to an activating group) is 1. The SMILES string of the molecule is CN(C)CC(N)c1cc(F)cc(-c2nccc3[nH]c(-c4n[nH]c5ccc(-c6cncc(OCc7ccccc7)c6)nc45)cc23)c1. The van der Waals surface area contributed by atoms with Crippen molar-refractivity contribution < 1.29 is 9.13 Å². The molecule has 0 bridgehead atoms. The van der Waals surface area contributed by atoms with Crippen molar-refractivity contribution in [3.05, 3.63) is 114 Å². The number of fused-ring (bicyclic) bond motifs is 2. The van der Waals surface area contributed by atoms with Crippen LogP contribution in [-0.4, -0.2) is 55.7 Å². The Morgan fingerprint density at radius 2 is 1.78 bits per heavy atom. The first-order chi connectivity index (χ1) is 21.9. The summed E-state index contributed by atoms with van der Waals surface area (Å²) in [7, 11) is 3.88. The van der Waals surface area contributed by atoms with E-state index >= 15 is 0 Å². The highest BCUT2D eigenvalue weighted by Gasteiger charge is 2.18. The van der Waals surface area contributed by atoms with Gasteiger partial charge in [-0.3, -0.25) is 15.1 Å². The second-order valence-electron chi connectivity index (χ2n) is 11.3. The van der Waals surface area contributed by atoms with E-state index in [1.165, 1.54) is 12.1 Å². The van der Waals surface area contributed by atoms with Gasteiger partial charge in [0.15, 0.2) is 0 Å². The summed E-state index contributed by atoms with van der Waals surface area (Å²) in [4.78, 5) is 19.4. The van der Waals surface area contributed by atoms with Crippen molar-refractivity contribution in [2.45, 2.75) is 12.6 Å². The molecule has 1 unspecified atom stereocenters. The van der Waals surface area contributed by atoms with E-state index in [9.17, 15) is 4.39 Å². The van der Waals surface area contributed by atoms with Crippen molar-refractivity contribution in [2.75, 3.05) is 20.6 Å². The van der Waals surface area contributed by atoms with Crippen LogP contribution in [0.3, 0.4) is 0 Å². The zero-order chi connectivity index (χ0) is 30.9. The zero-order valence-electron chi connectivity index (χ0n) is 24.8. The summed E-state index contributed by atoms with van der Waals surface area (Å²) in [6.45, 7) is 1.04. The molecule has 0 saturated heterocycles. The highest BCUT2D eigenvalue weighted by atomic mass is 19.1. The molecule has 4 N–H and O–H groups in total. The minimum atomic E-state index is -0.356. The number of nitrogens with zero attached hydrogens (tertiary/aromatic N) is 5. The molecule has 0 saturated carbocycles. The summed E-state index contributed by atoms with van der Waals surface area (Å²) >= 11 is 0. The van der Waals surface area contributed by atoms with E-state index in [1.54, 1.807) is 18.6 Å². The normalized spacial score (nSPS) is 12.3. The van der Waals surface area contributed by atoms with Crippen molar-refractivity contribution in [2.24, 2.45) is 5.73 Å². The lowest BCUT2D eigenvalue weighted by Gasteiger charge is -2.18. The van der Waals surface area contributed by atoms with Crippen molar-refractivity contribution >= 4 is 21.9 Å². The Labute approximate surface area is 258 Å². The molecule has 0 radical (unpaired) electrons. The van der Waals surface area contributed by atoms with Gasteiger partial charge in [0.2, 0.25) is 0 Å². The monoisotopic (exact) mass is 598 g/mol. The van der Waals surface area contributed by atoms with Crippen LogP contribution in [-0.2, 0) is 6.61 Å². The first-order valence-corrected chi connectivity index (χ1v) is 14.6. The van der Waals surface area contributed by atoms with E-state index in [4.69, 9.17) is 15.5 Å². The number of pyridine rings is 3. The Kier molecular flexibility index (Phi) is 7.50. The molecule has 10 heteroatoms. The number of ether oxygens (including phenoxy) is 1. The van der Waals surface area contributed by atoms with Gasteiger partial charge in [-0.1, -0.05) is 30.3 Å². The minimum absolute atomic E-state index is 0.336. The van der Waals surface area contributed by atoms with Gasteiger partial charge in [0.05, 0.1) is 28.8 Å². The van der Waals surface area contributed by atoms with Gasteiger partial charge < -0.3 is 20.4 Å². The molecule has 0 aliphatic rings. The number of halogens is 1. The lowest BCUT2D eigenvalue weighted by atomic mass is 10.0. The molecule has 5 aromatic heterocycles. The van der Waals surface area contributed by atoms with Gasteiger partial charge in [0, 0.05) is 47.0 Å². The molecule has 7 aromatic rings. The molecule has 45 heavy (non-hydrogen) atoms. The van der Waals surface area contributed by atoms with E-state index in [0.29, 0.717) is 46.9 Å². The van der Waals surface area contributed by atoms with Crippen molar-refractivity contribution in [1.82, 2.24) is 35.0 Å². The first kappa shape index (κ1) is 28.3. The molecular weight excluding hydrogens is 567 g/mol. The third-order valence-electron chi connectivity index (χ3n) is 7.65. The highest BCUT2D eigenvalue weighted by Crippen LogP contribution is 2.34. The number of nitrogens with one attached hydrogen (secondary N) is 2. The molecule has 224 valence electrons. The molecule has 0 amide bonds. The van der Waals surface area contributed by atoms with Crippen LogP contribution in [0, 0.1) is 5.82 Å². The lowest BCUT2D eigenvalue weighted by molar-refractivity contribution is 0.305. The van der Waals surface area contributed by atoms with Gasteiger partial charge in [-0.25, -0.2) is 9.37 Å². The largest absolute Gasteiger partial charge is 0.487 e. The Morgan fingerprint density at radius 1 is 0.911 bits per heavy atom. The molecule has 0 aliphatic heterocycles. The number of hydrogen-bond acceptors (Lipinski definition) is 7. The first-order valence-electron chi connectivity index (χ1n) is 14.6. The average Bonchev–Trinajstić information content (AvgIpc) is 3.68. The second-order valence-corrected chi connectivity index (χ2v) is 11.3. The van der Waals surface area contributed by atoms with Crippen LogP contribution >= 0.6 is 0 Å². The van der Waals surface area contributed by atoms with Gasteiger partial charge in [0.25, 0.3) is 0 Å². The number of benzene rings is 2. The van der Waals surface area contributed by atoms with E-state index in [1.807, 2.05) is 85.7 Å². The van der Waals surface area contributed by atoms with Crippen LogP contribution < -0.4 is 10.5 Å². The Balaban J connectivity index is 1.22. The Morgan fingerprint density at radius 3 is 2.62 bits per heavy atom. The van der Waals surface area contributed by atoms with Gasteiger partial charge in [-0.2, -0.15) is 5.10 Å². The number of rotatable bonds is 9. The zero-order valence-corrected chi connectivity index (χ0v) is 24.8. The van der Waals surface area contributed by atoms with Crippen molar-refractivity contribution in [3.63, 3.8) is 0 Å². The van der Waals surface area contributed by atoms with Gasteiger partial charge in [0.1, 0.15) is 29.4 Å². The molecule has 0 spiro atoms. The topological polar surface area (TPSA) is 122 Å². The number of H-pyrrole nitrogens is 2. The van der Waals surface area contributed by atoms with Crippen LogP contribution in [0.2, 0.25) is 0 Å². The maximum absolute atomic E-state index is 14.8. The lowest BCUT2D eigenvalue weighted by Crippen LogP contribution is -2.26. The molecule has 9 nitrogen and oxygen atoms in total. The van der Waals surface area contributed by atoms with Gasteiger partial charge in [-0.05, 0) is 73.8 Å². The van der Waals surface area contributed by atoms with Crippen LogP contribution in [0.25, 0.3) is 55.8 Å². The summed E-state index contributed by atoms with van der Waals surface area (Å²) in [5, 5.41) is 8.53. The third-order valence-corrected chi connectivity index (χ3v) is 7.65. The van der Waals surface area contributed by atoms with Crippen LogP contribution in [0.1, 0.15) is 17.2 Å². The highest BCUT2D eigenvalue weighted by molar-refractivity contribution is 5.99. The predicted molar refractivity (Wildman–Crippen MR) is 174 cm³/mol. The second kappa shape index (κ2) is 11.9. The fourth-order valence-corrected chi connectivity index (χ4v) is 5.50. The van der Waals surface area contributed by atoms with Crippen LogP contribution in [0.4, 0.5) is 4.39 Å². The molecule has 2 aromatic carbocycles. The number of nitrogens with two attached hydrogens (primary N) is 1. The van der Waals surface area contributed by atoms with E-state index < -0.39 is 0 Å². The maximum Gasteiger partial charge on any atom is 0.138 e. The van der Waals surface area contributed by atoms with E-state index in [0.717, 1.165) is 38.9 Å². The Hall–Kier alpha value is -5.45. The maximum atomic E-state index is 14.8. The number of hydrogen-bond donors (Lipinski definition) is 3. The fraction of sp³-hybridized carbons (Fsp3) is 0.143. The summed E-state index contributed by atoms with van der Waals surface area (Å²) in [6.07, 6.45) is 5.17. The number of aromatic amines is 2. The summed E-state index contributed by atoms with van der Waals surface area (Å²) < 4.78 is 20.8. The van der Waals surface area contributed by atoms with Gasteiger partial charge in [-0.15, -0.1) is 0 Å². The molecule has 0 fully saturated rings. The third kappa shape index (κ3) is 5.88. The molecule has 7 rings (SSSR count). The molecular formula is C35H31FN8O. The van der Waals surface area contributed by atoms with E-state index in [-0.39, 0.29) is 11.9 Å². The molecule has 5 heterocycles. The summed E-state index contributed by atoms with van der Waals surface area (Å²) in [6, 6.07) is 24.2. The minimum Gasteiger partial charge on any atom is -0.487 e. The average molecular weight is 599 g/mol. The summed E-state index contributed by atoms with van der Waals surface area (Å²) in [5.74, 6) is 0.301.